The summed E-state index contributed by atoms with van der Waals surface area (Å²) in [7, 11) is 1.73. The number of ether oxygens (including phenoxy) is 1. The number of imidazole rings is 1. The van der Waals surface area contributed by atoms with Crippen molar-refractivity contribution in [3.63, 3.8) is 0 Å². The zero-order chi connectivity index (χ0) is 14.9. The Kier molecular flexibility index (Phi) is 4.70. The smallest absolute Gasteiger partial charge is 0.158 e. The summed E-state index contributed by atoms with van der Waals surface area (Å²) in [6.07, 6.45) is 0. The lowest BCUT2D eigenvalue weighted by Gasteiger charge is -2.16. The Morgan fingerprint density at radius 2 is 2.05 bits per heavy atom. The molecule has 2 aromatic heterocycles. The monoisotopic (exact) mass is 298 g/mol. The highest BCUT2D eigenvalue weighted by Gasteiger charge is 2.21. The number of nitrogens with zero attached hydrogens (tertiary/aromatic N) is 4. The molecule has 2 aromatic rings. The van der Waals surface area contributed by atoms with E-state index in [2.05, 4.69) is 23.5 Å². The fourth-order valence-corrected chi connectivity index (χ4v) is 2.76. The lowest BCUT2D eigenvalue weighted by atomic mass is 10.2. The van der Waals surface area contributed by atoms with Crippen molar-refractivity contribution < 1.29 is 4.74 Å². The van der Waals surface area contributed by atoms with E-state index in [1.165, 1.54) is 0 Å². The molecule has 0 radical (unpaired) electrons. The van der Waals surface area contributed by atoms with E-state index in [4.69, 9.17) is 21.3 Å². The third-order valence-corrected chi connectivity index (χ3v) is 3.62. The van der Waals surface area contributed by atoms with Crippen molar-refractivity contribution in [2.75, 3.05) is 13.7 Å². The summed E-state index contributed by atoms with van der Waals surface area (Å²) < 4.78 is 9.43. The first kappa shape index (κ1) is 15.3. The highest BCUT2D eigenvalue weighted by atomic mass is 35.5. The summed E-state index contributed by atoms with van der Waals surface area (Å²) in [5, 5.41) is 4.42. The summed E-state index contributed by atoms with van der Waals surface area (Å²) in [6.45, 7) is 10.6. The van der Waals surface area contributed by atoms with Gasteiger partial charge in [-0.1, -0.05) is 6.92 Å². The largest absolute Gasteiger partial charge is 0.384 e. The van der Waals surface area contributed by atoms with Gasteiger partial charge in [0.15, 0.2) is 5.65 Å². The molecule has 0 N–H and O–H groups in total. The van der Waals surface area contributed by atoms with Gasteiger partial charge in [-0.3, -0.25) is 0 Å². The molecule has 2 unspecified atom stereocenters. The molecule has 0 saturated carbocycles. The molecule has 0 aromatic carbocycles. The second kappa shape index (κ2) is 6.14. The van der Waals surface area contributed by atoms with E-state index >= 15 is 0 Å². The second-order valence-electron chi connectivity index (χ2n) is 5.33. The van der Waals surface area contributed by atoms with Crippen LogP contribution in [0.25, 0.3) is 11.2 Å². The number of alkyl halides is 1. The van der Waals surface area contributed by atoms with E-state index in [-0.39, 0.29) is 5.38 Å². The lowest BCUT2D eigenvalue weighted by molar-refractivity contribution is 0.151. The minimum absolute atomic E-state index is 0.123. The quantitative estimate of drug-likeness (QED) is 0.770. The van der Waals surface area contributed by atoms with Crippen molar-refractivity contribution >= 4 is 22.8 Å². The van der Waals surface area contributed by atoms with Gasteiger partial charge in [0, 0.05) is 20.2 Å². The summed E-state index contributed by atoms with van der Waals surface area (Å²) in [5.41, 5.74) is 2.98. The Labute approximate surface area is 124 Å². The Balaban J connectivity index is 2.54. The Morgan fingerprint density at radius 3 is 2.60 bits per heavy atom. The lowest BCUT2D eigenvalue weighted by Crippen LogP contribution is -2.17. The minimum atomic E-state index is -0.123. The first-order valence-electron chi connectivity index (χ1n) is 7.06. The maximum absolute atomic E-state index is 6.30. The molecule has 0 aliphatic rings. The van der Waals surface area contributed by atoms with Gasteiger partial charge in [0.2, 0.25) is 0 Å². The van der Waals surface area contributed by atoms with Crippen molar-refractivity contribution in [3.8, 4) is 0 Å². The Bertz CT molecular complexity index is 588. The Hall–Kier alpha value is -1.07. The maximum Gasteiger partial charge on any atom is 0.158 e. The van der Waals surface area contributed by atoms with Gasteiger partial charge in [-0.25, -0.2) is 9.67 Å². The number of halogens is 1. The van der Waals surface area contributed by atoms with Gasteiger partial charge in [-0.05, 0) is 26.7 Å². The van der Waals surface area contributed by atoms with Crippen LogP contribution in [0.2, 0.25) is 0 Å². The first-order valence-corrected chi connectivity index (χ1v) is 7.49. The van der Waals surface area contributed by atoms with Crippen molar-refractivity contribution in [3.05, 3.63) is 11.5 Å². The SMILES string of the molecule is CCn1nc(C)c2nc(C(C)Cl)n(CC(C)COC)c21. The molecule has 0 aliphatic carbocycles. The molecule has 112 valence electrons. The van der Waals surface area contributed by atoms with Crippen LogP contribution in [0.15, 0.2) is 0 Å². The molecule has 2 rings (SSSR count). The molecule has 0 saturated heterocycles. The van der Waals surface area contributed by atoms with Gasteiger partial charge in [0.05, 0.1) is 17.7 Å². The topological polar surface area (TPSA) is 44.9 Å². The molecule has 0 fully saturated rings. The molecule has 0 bridgehead atoms. The molecule has 6 heteroatoms. The van der Waals surface area contributed by atoms with E-state index < -0.39 is 0 Å². The summed E-state index contributed by atoms with van der Waals surface area (Å²) in [4.78, 5) is 4.70. The summed E-state index contributed by atoms with van der Waals surface area (Å²) >= 11 is 6.30. The minimum Gasteiger partial charge on any atom is -0.384 e. The summed E-state index contributed by atoms with van der Waals surface area (Å²) in [6, 6.07) is 0. The zero-order valence-corrected chi connectivity index (χ0v) is 13.6. The summed E-state index contributed by atoms with van der Waals surface area (Å²) in [5.74, 6) is 1.30. The van der Waals surface area contributed by atoms with Gasteiger partial charge < -0.3 is 9.30 Å². The predicted molar refractivity (Wildman–Crippen MR) is 81.2 cm³/mol. The van der Waals surface area contributed by atoms with Crippen LogP contribution in [0.3, 0.4) is 0 Å². The van der Waals surface area contributed by atoms with E-state index in [0.29, 0.717) is 5.92 Å². The fourth-order valence-electron chi connectivity index (χ4n) is 2.59. The van der Waals surface area contributed by atoms with Crippen molar-refractivity contribution in [2.45, 2.75) is 46.2 Å². The molecule has 20 heavy (non-hydrogen) atoms. The van der Waals surface area contributed by atoms with E-state index in [9.17, 15) is 0 Å². The van der Waals surface area contributed by atoms with Crippen LogP contribution in [-0.2, 0) is 17.8 Å². The molecular formula is C14H23ClN4O. The normalized spacial score (nSPS) is 14.9. The zero-order valence-electron chi connectivity index (χ0n) is 12.9. The molecular weight excluding hydrogens is 276 g/mol. The van der Waals surface area contributed by atoms with E-state index in [1.54, 1.807) is 7.11 Å². The van der Waals surface area contributed by atoms with Crippen LogP contribution in [0.1, 0.15) is 37.7 Å². The highest BCUT2D eigenvalue weighted by Crippen LogP contribution is 2.27. The number of methoxy groups -OCH3 is 1. The number of aryl methyl sites for hydroxylation is 2. The van der Waals surface area contributed by atoms with Gasteiger partial charge in [-0.2, -0.15) is 5.10 Å². The average molecular weight is 299 g/mol. The average Bonchev–Trinajstić information content (AvgIpc) is 2.89. The molecule has 2 heterocycles. The number of fused-ring (bicyclic) bond motifs is 1. The number of rotatable bonds is 6. The van der Waals surface area contributed by atoms with Gasteiger partial charge in [0.1, 0.15) is 11.3 Å². The van der Waals surface area contributed by atoms with Gasteiger partial charge in [-0.15, -0.1) is 11.6 Å². The number of hydrogen-bond acceptors (Lipinski definition) is 3. The molecule has 0 aliphatic heterocycles. The predicted octanol–water partition coefficient (Wildman–Crippen LogP) is 3.14. The molecule has 0 amide bonds. The second-order valence-corrected chi connectivity index (χ2v) is 5.99. The highest BCUT2D eigenvalue weighted by molar-refractivity contribution is 6.20. The standard InChI is InChI=1S/C14H23ClN4O/c1-6-19-14-12(11(4)17-19)16-13(10(3)15)18(14)7-9(2)8-20-5/h9-10H,6-8H2,1-5H3. The third kappa shape index (κ3) is 2.69. The van der Waals surface area contributed by atoms with Crippen LogP contribution in [-0.4, -0.2) is 33.0 Å². The number of aromatic nitrogens is 4. The van der Waals surface area contributed by atoms with Crippen LogP contribution in [0, 0.1) is 12.8 Å². The van der Waals surface area contributed by atoms with Crippen LogP contribution in [0.4, 0.5) is 0 Å². The van der Waals surface area contributed by atoms with Crippen LogP contribution in [0.5, 0.6) is 0 Å². The first-order chi connectivity index (χ1) is 9.49. The van der Waals surface area contributed by atoms with Crippen molar-refractivity contribution in [2.24, 2.45) is 5.92 Å². The van der Waals surface area contributed by atoms with Gasteiger partial charge >= 0.3 is 0 Å². The van der Waals surface area contributed by atoms with Crippen molar-refractivity contribution in [1.29, 1.82) is 0 Å². The fraction of sp³-hybridized carbons (Fsp3) is 0.714. The maximum atomic E-state index is 6.30. The van der Waals surface area contributed by atoms with Gasteiger partial charge in [0.25, 0.3) is 0 Å². The van der Waals surface area contributed by atoms with Crippen LogP contribution < -0.4 is 0 Å². The molecule has 0 spiro atoms. The van der Waals surface area contributed by atoms with E-state index in [1.807, 2.05) is 18.5 Å². The van der Waals surface area contributed by atoms with E-state index in [0.717, 1.165) is 42.4 Å². The third-order valence-electron chi connectivity index (χ3n) is 3.43. The molecule has 5 nitrogen and oxygen atoms in total. The van der Waals surface area contributed by atoms with Crippen molar-refractivity contribution in [1.82, 2.24) is 19.3 Å². The number of hydrogen-bond donors (Lipinski definition) is 0. The Morgan fingerprint density at radius 1 is 1.35 bits per heavy atom. The molecule has 2 atom stereocenters. The van der Waals surface area contributed by atoms with Crippen LogP contribution >= 0.6 is 11.6 Å².